The van der Waals surface area contributed by atoms with Crippen LogP contribution < -0.4 is 4.74 Å². The quantitative estimate of drug-likeness (QED) is 0.407. The average Bonchev–Trinajstić information content (AvgIpc) is 2.73. The fraction of sp³-hybridized carbons (Fsp3) is 0.760. The molecule has 1 heterocycles. The molecule has 3 nitrogen and oxygen atoms in total. The lowest BCUT2D eigenvalue weighted by molar-refractivity contribution is -0.202. The molecule has 0 bridgehead atoms. The summed E-state index contributed by atoms with van der Waals surface area (Å²) in [4.78, 5) is 0. The molecule has 1 aliphatic carbocycles. The monoisotopic (exact) mass is 388 g/mol. The summed E-state index contributed by atoms with van der Waals surface area (Å²) < 4.78 is 17.5. The maximum Gasteiger partial charge on any atom is 0.183 e. The second-order valence-electron chi connectivity index (χ2n) is 9.05. The van der Waals surface area contributed by atoms with Gasteiger partial charge in [-0.2, -0.15) is 0 Å². The van der Waals surface area contributed by atoms with E-state index in [1.54, 1.807) is 0 Å². The van der Waals surface area contributed by atoms with Crippen molar-refractivity contribution in [3.05, 3.63) is 29.8 Å². The van der Waals surface area contributed by atoms with Gasteiger partial charge in [-0.05, 0) is 36.8 Å². The lowest BCUT2D eigenvalue weighted by Gasteiger charge is -2.28. The van der Waals surface area contributed by atoms with Gasteiger partial charge >= 0.3 is 0 Å². The normalized spacial score (nSPS) is 28.2. The zero-order valence-corrected chi connectivity index (χ0v) is 18.0. The molecule has 0 N–H and O–H groups in total. The average molecular weight is 389 g/mol. The van der Waals surface area contributed by atoms with Gasteiger partial charge in [-0.15, -0.1) is 0 Å². The van der Waals surface area contributed by atoms with Crippen molar-refractivity contribution in [2.45, 2.75) is 84.3 Å². The first-order valence-electron chi connectivity index (χ1n) is 11.7. The van der Waals surface area contributed by atoms with Crippen LogP contribution >= 0.6 is 0 Å². The fourth-order valence-electron chi connectivity index (χ4n) is 4.57. The molecule has 0 aromatic heterocycles. The fourth-order valence-corrected chi connectivity index (χ4v) is 4.57. The number of hydrogen-bond donors (Lipinski definition) is 0. The van der Waals surface area contributed by atoms with Crippen molar-refractivity contribution in [1.82, 2.24) is 0 Å². The highest BCUT2D eigenvalue weighted by Crippen LogP contribution is 2.34. The van der Waals surface area contributed by atoms with E-state index in [0.717, 1.165) is 43.0 Å². The van der Waals surface area contributed by atoms with Gasteiger partial charge < -0.3 is 14.2 Å². The zero-order chi connectivity index (χ0) is 19.6. The molecule has 1 aromatic rings. The van der Waals surface area contributed by atoms with Crippen molar-refractivity contribution in [2.75, 3.05) is 19.8 Å². The topological polar surface area (TPSA) is 27.7 Å². The summed E-state index contributed by atoms with van der Waals surface area (Å²) in [5.74, 6) is 3.37. The molecule has 0 unspecified atom stereocenters. The van der Waals surface area contributed by atoms with Gasteiger partial charge in [0.25, 0.3) is 0 Å². The Hall–Kier alpha value is -1.06. The summed E-state index contributed by atoms with van der Waals surface area (Å²) in [6.07, 6.45) is 13.7. The van der Waals surface area contributed by atoms with E-state index in [9.17, 15) is 0 Å². The second-order valence-corrected chi connectivity index (χ2v) is 9.05. The van der Waals surface area contributed by atoms with Crippen molar-refractivity contribution in [1.29, 1.82) is 0 Å². The molecule has 3 rings (SSSR count). The van der Waals surface area contributed by atoms with Gasteiger partial charge in [0.05, 0.1) is 19.8 Å². The summed E-state index contributed by atoms with van der Waals surface area (Å²) in [5, 5.41) is 0. The molecule has 1 aliphatic heterocycles. The first kappa shape index (κ1) is 21.6. The second kappa shape index (κ2) is 11.8. The smallest absolute Gasteiger partial charge is 0.183 e. The van der Waals surface area contributed by atoms with Crippen LogP contribution in [0.5, 0.6) is 5.75 Å². The molecule has 1 aromatic carbocycles. The molecule has 2 fully saturated rings. The molecule has 28 heavy (non-hydrogen) atoms. The predicted molar refractivity (Wildman–Crippen MR) is 115 cm³/mol. The van der Waals surface area contributed by atoms with Crippen LogP contribution in [-0.4, -0.2) is 19.8 Å². The van der Waals surface area contributed by atoms with Gasteiger partial charge in [0.2, 0.25) is 0 Å². The Morgan fingerprint density at radius 1 is 0.857 bits per heavy atom. The van der Waals surface area contributed by atoms with Gasteiger partial charge in [-0.25, -0.2) is 0 Å². The number of hydrogen-bond acceptors (Lipinski definition) is 3. The third-order valence-electron chi connectivity index (χ3n) is 6.42. The van der Waals surface area contributed by atoms with Crippen LogP contribution in [-0.2, 0) is 9.47 Å². The van der Waals surface area contributed by atoms with E-state index in [1.165, 1.54) is 64.2 Å². The van der Waals surface area contributed by atoms with Crippen LogP contribution in [0.1, 0.15) is 89.9 Å². The van der Waals surface area contributed by atoms with Crippen LogP contribution in [0.15, 0.2) is 24.3 Å². The van der Waals surface area contributed by atoms with Gasteiger partial charge in [0.15, 0.2) is 6.29 Å². The van der Waals surface area contributed by atoms with Crippen molar-refractivity contribution >= 4 is 0 Å². The van der Waals surface area contributed by atoms with Crippen molar-refractivity contribution < 1.29 is 14.2 Å². The minimum atomic E-state index is -0.220. The highest BCUT2D eigenvalue weighted by atomic mass is 16.7. The van der Waals surface area contributed by atoms with Crippen molar-refractivity contribution in [3.8, 4) is 5.75 Å². The summed E-state index contributed by atoms with van der Waals surface area (Å²) in [7, 11) is 0. The molecule has 0 spiro atoms. The Balaban J connectivity index is 1.27. The van der Waals surface area contributed by atoms with E-state index in [2.05, 4.69) is 26.0 Å². The van der Waals surface area contributed by atoms with E-state index in [-0.39, 0.29) is 6.29 Å². The summed E-state index contributed by atoms with van der Waals surface area (Å²) in [6.45, 7) is 6.80. The van der Waals surface area contributed by atoms with Crippen LogP contribution in [0, 0.1) is 17.8 Å². The lowest BCUT2D eigenvalue weighted by Crippen LogP contribution is -2.24. The van der Waals surface area contributed by atoms with E-state index in [4.69, 9.17) is 14.2 Å². The van der Waals surface area contributed by atoms with Crippen molar-refractivity contribution in [3.63, 3.8) is 0 Å². The van der Waals surface area contributed by atoms with Crippen molar-refractivity contribution in [2.24, 2.45) is 17.8 Å². The molecule has 1 saturated carbocycles. The van der Waals surface area contributed by atoms with Gasteiger partial charge in [-0.1, -0.05) is 77.3 Å². The zero-order valence-electron chi connectivity index (χ0n) is 18.0. The predicted octanol–water partition coefficient (Wildman–Crippen LogP) is 6.91. The minimum Gasteiger partial charge on any atom is -0.494 e. The van der Waals surface area contributed by atoms with Gasteiger partial charge in [-0.3, -0.25) is 0 Å². The third-order valence-corrected chi connectivity index (χ3v) is 6.42. The maximum atomic E-state index is 5.96. The van der Waals surface area contributed by atoms with Crippen LogP contribution in [0.4, 0.5) is 0 Å². The molecular formula is C25H40O3. The van der Waals surface area contributed by atoms with E-state index in [1.807, 2.05) is 12.1 Å². The molecular weight excluding hydrogens is 348 g/mol. The molecule has 0 amide bonds. The number of benzene rings is 1. The highest BCUT2D eigenvalue weighted by Gasteiger charge is 2.21. The largest absolute Gasteiger partial charge is 0.494 e. The molecule has 2 aliphatic rings. The number of unbranched alkanes of at least 4 members (excludes halogenated alkanes) is 2. The minimum absolute atomic E-state index is 0.220. The molecule has 158 valence electrons. The van der Waals surface area contributed by atoms with Gasteiger partial charge in [0, 0.05) is 11.5 Å². The molecule has 1 saturated heterocycles. The summed E-state index contributed by atoms with van der Waals surface area (Å²) >= 11 is 0. The Bertz CT molecular complexity index is 525. The van der Waals surface area contributed by atoms with E-state index in [0.29, 0.717) is 5.92 Å². The first-order chi connectivity index (χ1) is 13.7. The highest BCUT2D eigenvalue weighted by molar-refractivity contribution is 5.28. The Morgan fingerprint density at radius 3 is 2.07 bits per heavy atom. The summed E-state index contributed by atoms with van der Waals surface area (Å²) in [5.41, 5.74) is 1.08. The first-order valence-corrected chi connectivity index (χ1v) is 11.7. The number of rotatable bonds is 10. The van der Waals surface area contributed by atoms with Crippen LogP contribution in [0.25, 0.3) is 0 Å². The molecule has 3 heteroatoms. The molecule has 0 atom stereocenters. The SMILES string of the molecule is CCCCC[C@H]1CC[C@H](CCCOc2ccc([C@H]3OC[C@H](C)CO3)cc2)CC1. The number of ether oxygens (including phenoxy) is 3. The maximum absolute atomic E-state index is 5.96. The lowest BCUT2D eigenvalue weighted by atomic mass is 9.78. The van der Waals surface area contributed by atoms with Gasteiger partial charge in [0.1, 0.15) is 5.75 Å². The van der Waals surface area contributed by atoms with Crippen LogP contribution in [0.2, 0.25) is 0 Å². The third kappa shape index (κ3) is 7.08. The van der Waals surface area contributed by atoms with Crippen LogP contribution in [0.3, 0.4) is 0 Å². The van der Waals surface area contributed by atoms with E-state index >= 15 is 0 Å². The summed E-state index contributed by atoms with van der Waals surface area (Å²) in [6, 6.07) is 8.22. The Morgan fingerprint density at radius 2 is 1.46 bits per heavy atom. The van der Waals surface area contributed by atoms with E-state index < -0.39 is 0 Å². The Labute approximate surface area is 172 Å². The standard InChI is InChI=1S/C25H40O3/c1-3-4-5-7-21-9-11-22(12-10-21)8-6-17-26-24-15-13-23(14-16-24)25-27-18-20(2)19-28-25/h13-16,20-22,25H,3-12,17-19H2,1-2H3/t20-,21-,22-,25-. The molecule has 0 radical (unpaired) electrons. The Kier molecular flexibility index (Phi) is 9.14.